The van der Waals surface area contributed by atoms with Gasteiger partial charge in [-0.25, -0.2) is 0 Å². The Morgan fingerprint density at radius 1 is 1.42 bits per heavy atom. The van der Waals surface area contributed by atoms with Crippen LogP contribution >= 0.6 is 15.9 Å². The molecule has 1 atom stereocenters. The van der Waals surface area contributed by atoms with Crippen LogP contribution in [0.2, 0.25) is 0 Å². The molecule has 1 fully saturated rings. The van der Waals surface area contributed by atoms with Crippen molar-refractivity contribution in [2.45, 2.75) is 32.6 Å². The summed E-state index contributed by atoms with van der Waals surface area (Å²) in [6.45, 7) is 4.53. The van der Waals surface area contributed by atoms with Crippen molar-refractivity contribution in [3.05, 3.63) is 28.2 Å². The third-order valence-corrected chi connectivity index (χ3v) is 4.66. The molecule has 4 heteroatoms. The lowest BCUT2D eigenvalue weighted by Gasteiger charge is -2.24. The minimum atomic E-state index is 0.120. The SMILES string of the molecule is CCC1CCCN(c2ccc(C(=N)N)cc2Br)CC1. The molecule has 1 aliphatic heterocycles. The van der Waals surface area contributed by atoms with Gasteiger partial charge in [-0.2, -0.15) is 0 Å². The molecule has 104 valence electrons. The van der Waals surface area contributed by atoms with E-state index >= 15 is 0 Å². The van der Waals surface area contributed by atoms with Crippen molar-refractivity contribution in [1.29, 1.82) is 5.41 Å². The largest absolute Gasteiger partial charge is 0.384 e. The standard InChI is InChI=1S/C15H22BrN3/c1-2-11-4-3-8-19(9-7-11)14-6-5-12(15(17)18)10-13(14)16/h5-6,10-11H,2-4,7-9H2,1H3,(H3,17,18). The number of hydrogen-bond donors (Lipinski definition) is 2. The van der Waals surface area contributed by atoms with Gasteiger partial charge in [-0.05, 0) is 59.3 Å². The molecule has 0 spiro atoms. The van der Waals surface area contributed by atoms with Crippen LogP contribution in [0.5, 0.6) is 0 Å². The number of hydrogen-bond acceptors (Lipinski definition) is 2. The number of nitrogen functional groups attached to an aromatic ring is 1. The third kappa shape index (κ3) is 3.50. The summed E-state index contributed by atoms with van der Waals surface area (Å²) in [5, 5.41) is 7.48. The zero-order valence-electron chi connectivity index (χ0n) is 11.5. The monoisotopic (exact) mass is 323 g/mol. The maximum Gasteiger partial charge on any atom is 0.122 e. The van der Waals surface area contributed by atoms with Crippen molar-refractivity contribution >= 4 is 27.5 Å². The maximum atomic E-state index is 7.48. The molecule has 1 aliphatic rings. The van der Waals surface area contributed by atoms with Crippen LogP contribution in [0.1, 0.15) is 38.2 Å². The molecule has 0 aliphatic carbocycles. The summed E-state index contributed by atoms with van der Waals surface area (Å²) in [4.78, 5) is 2.45. The molecular weight excluding hydrogens is 302 g/mol. The van der Waals surface area contributed by atoms with Crippen molar-refractivity contribution < 1.29 is 0 Å². The minimum absolute atomic E-state index is 0.120. The zero-order valence-corrected chi connectivity index (χ0v) is 13.0. The van der Waals surface area contributed by atoms with Crippen molar-refractivity contribution in [2.75, 3.05) is 18.0 Å². The quantitative estimate of drug-likeness (QED) is 0.657. The fraction of sp³-hybridized carbons (Fsp3) is 0.533. The molecule has 2 rings (SSSR count). The van der Waals surface area contributed by atoms with Crippen LogP contribution in [0.3, 0.4) is 0 Å². The van der Waals surface area contributed by atoms with E-state index in [1.165, 1.54) is 31.4 Å². The van der Waals surface area contributed by atoms with Gasteiger partial charge < -0.3 is 10.6 Å². The van der Waals surface area contributed by atoms with Gasteiger partial charge in [-0.3, -0.25) is 5.41 Å². The van der Waals surface area contributed by atoms with Gasteiger partial charge in [0.2, 0.25) is 0 Å². The smallest absolute Gasteiger partial charge is 0.122 e. The normalized spacial score (nSPS) is 20.1. The Labute approximate surface area is 123 Å². The first kappa shape index (κ1) is 14.4. The number of benzene rings is 1. The Balaban J connectivity index is 2.15. The molecule has 1 aromatic carbocycles. The van der Waals surface area contributed by atoms with Gasteiger partial charge in [0.25, 0.3) is 0 Å². The highest BCUT2D eigenvalue weighted by atomic mass is 79.9. The van der Waals surface area contributed by atoms with Crippen LogP contribution in [0.25, 0.3) is 0 Å². The number of amidine groups is 1. The molecule has 3 nitrogen and oxygen atoms in total. The molecule has 0 bridgehead atoms. The molecule has 0 radical (unpaired) electrons. The van der Waals surface area contributed by atoms with E-state index in [4.69, 9.17) is 11.1 Å². The lowest BCUT2D eigenvalue weighted by Crippen LogP contribution is -2.24. The average Bonchev–Trinajstić information content (AvgIpc) is 2.63. The zero-order chi connectivity index (χ0) is 13.8. The van der Waals surface area contributed by atoms with Crippen molar-refractivity contribution in [3.8, 4) is 0 Å². The van der Waals surface area contributed by atoms with E-state index in [1.807, 2.05) is 12.1 Å². The highest BCUT2D eigenvalue weighted by Crippen LogP contribution is 2.30. The van der Waals surface area contributed by atoms with Crippen LogP contribution in [-0.4, -0.2) is 18.9 Å². The van der Waals surface area contributed by atoms with Crippen molar-refractivity contribution in [3.63, 3.8) is 0 Å². The van der Waals surface area contributed by atoms with E-state index in [0.717, 1.165) is 29.0 Å². The highest BCUT2D eigenvalue weighted by Gasteiger charge is 2.17. The van der Waals surface area contributed by atoms with Gasteiger partial charge in [-0.1, -0.05) is 13.3 Å². The minimum Gasteiger partial charge on any atom is -0.384 e. The summed E-state index contributed by atoms with van der Waals surface area (Å²) < 4.78 is 1.04. The average molecular weight is 324 g/mol. The van der Waals surface area contributed by atoms with Gasteiger partial charge in [0.1, 0.15) is 5.84 Å². The lowest BCUT2D eigenvalue weighted by atomic mass is 9.98. The Morgan fingerprint density at radius 2 is 2.21 bits per heavy atom. The van der Waals surface area contributed by atoms with Crippen LogP contribution in [0.4, 0.5) is 5.69 Å². The Hall–Kier alpha value is -1.03. The van der Waals surface area contributed by atoms with Crippen LogP contribution in [0.15, 0.2) is 22.7 Å². The predicted octanol–water partition coefficient (Wildman–Crippen LogP) is 3.75. The molecule has 0 saturated carbocycles. The molecule has 1 aromatic rings. The summed E-state index contributed by atoms with van der Waals surface area (Å²) in [6, 6.07) is 5.96. The van der Waals surface area contributed by atoms with E-state index < -0.39 is 0 Å². The molecule has 3 N–H and O–H groups in total. The van der Waals surface area contributed by atoms with Crippen molar-refractivity contribution in [2.24, 2.45) is 11.7 Å². The molecule has 0 aromatic heterocycles. The maximum absolute atomic E-state index is 7.48. The molecule has 19 heavy (non-hydrogen) atoms. The Kier molecular flexibility index (Phi) is 4.86. The van der Waals surface area contributed by atoms with Gasteiger partial charge in [-0.15, -0.1) is 0 Å². The van der Waals surface area contributed by atoms with Gasteiger partial charge in [0, 0.05) is 23.1 Å². The number of nitrogens with one attached hydrogen (secondary N) is 1. The summed E-state index contributed by atoms with van der Waals surface area (Å²) >= 11 is 3.61. The number of halogens is 1. The first-order chi connectivity index (χ1) is 9.11. The number of rotatable bonds is 3. The lowest BCUT2D eigenvalue weighted by molar-refractivity contribution is 0.459. The van der Waals surface area contributed by atoms with E-state index in [1.54, 1.807) is 0 Å². The second-order valence-corrected chi connectivity index (χ2v) is 6.13. The second kappa shape index (κ2) is 6.42. The van der Waals surface area contributed by atoms with Crippen LogP contribution in [-0.2, 0) is 0 Å². The van der Waals surface area contributed by atoms with Gasteiger partial charge in [0.15, 0.2) is 0 Å². The molecule has 0 amide bonds. The second-order valence-electron chi connectivity index (χ2n) is 5.27. The van der Waals surface area contributed by atoms with E-state index in [2.05, 4.69) is 33.8 Å². The van der Waals surface area contributed by atoms with Gasteiger partial charge in [0.05, 0.1) is 5.69 Å². The number of nitrogens with two attached hydrogens (primary N) is 1. The van der Waals surface area contributed by atoms with Crippen LogP contribution < -0.4 is 10.6 Å². The summed E-state index contributed by atoms with van der Waals surface area (Å²) in [7, 11) is 0. The first-order valence-corrected chi connectivity index (χ1v) is 7.80. The van der Waals surface area contributed by atoms with E-state index in [-0.39, 0.29) is 5.84 Å². The highest BCUT2D eigenvalue weighted by molar-refractivity contribution is 9.10. The van der Waals surface area contributed by atoms with Crippen LogP contribution in [0, 0.1) is 11.3 Å². The Bertz CT molecular complexity index is 459. The number of anilines is 1. The summed E-state index contributed by atoms with van der Waals surface area (Å²) in [5.74, 6) is 0.995. The summed E-state index contributed by atoms with van der Waals surface area (Å²) in [6.07, 6.45) is 5.17. The number of nitrogens with zero attached hydrogens (tertiary/aromatic N) is 1. The molecular formula is C15H22BrN3. The molecule has 1 saturated heterocycles. The first-order valence-electron chi connectivity index (χ1n) is 7.00. The van der Waals surface area contributed by atoms with E-state index in [9.17, 15) is 0 Å². The van der Waals surface area contributed by atoms with Crippen molar-refractivity contribution in [1.82, 2.24) is 0 Å². The molecule has 1 heterocycles. The summed E-state index contributed by atoms with van der Waals surface area (Å²) in [5.41, 5.74) is 7.52. The van der Waals surface area contributed by atoms with Gasteiger partial charge >= 0.3 is 0 Å². The predicted molar refractivity (Wildman–Crippen MR) is 85.0 cm³/mol. The topological polar surface area (TPSA) is 53.1 Å². The van der Waals surface area contributed by atoms with E-state index in [0.29, 0.717) is 0 Å². The fourth-order valence-corrected chi connectivity index (χ4v) is 3.37. The third-order valence-electron chi connectivity index (χ3n) is 4.02. The Morgan fingerprint density at radius 3 is 2.84 bits per heavy atom. The molecule has 1 unspecified atom stereocenters. The fourth-order valence-electron chi connectivity index (χ4n) is 2.75.